The highest BCUT2D eigenvalue weighted by atomic mass is 16.5. The second-order valence-electron chi connectivity index (χ2n) is 2.48. The maximum Gasteiger partial charge on any atom is 0.257 e. The molecule has 0 saturated heterocycles. The van der Waals surface area contributed by atoms with Crippen LogP contribution in [0.3, 0.4) is 0 Å². The molecule has 0 unspecified atom stereocenters. The van der Waals surface area contributed by atoms with Crippen molar-refractivity contribution in [1.29, 1.82) is 0 Å². The van der Waals surface area contributed by atoms with Gasteiger partial charge in [0.15, 0.2) is 5.82 Å². The smallest absolute Gasteiger partial charge is 0.257 e. The maximum absolute atomic E-state index is 5.36. The lowest BCUT2D eigenvalue weighted by Crippen LogP contribution is -2.10. The fourth-order valence-electron chi connectivity index (χ4n) is 0.905. The van der Waals surface area contributed by atoms with Gasteiger partial charge in [-0.25, -0.2) is 9.97 Å². The molecule has 0 fully saturated rings. The molecule has 0 saturated carbocycles. The van der Waals surface area contributed by atoms with Gasteiger partial charge in [0.05, 0.1) is 7.11 Å². The molecule has 0 aliphatic heterocycles. The molecule has 5 heteroatoms. The van der Waals surface area contributed by atoms with Gasteiger partial charge in [0.2, 0.25) is 0 Å². The van der Waals surface area contributed by atoms with Crippen LogP contribution in [0.5, 0.6) is 5.88 Å². The number of anilines is 1. The molecule has 3 N–H and O–H groups in total. The Morgan fingerprint density at radius 1 is 1.46 bits per heavy atom. The van der Waals surface area contributed by atoms with Crippen molar-refractivity contribution < 1.29 is 4.74 Å². The fourth-order valence-corrected chi connectivity index (χ4v) is 0.905. The predicted octanol–water partition coefficient (Wildman–Crippen LogP) is 0.246. The van der Waals surface area contributed by atoms with Crippen molar-refractivity contribution in [2.75, 3.05) is 25.5 Å². The van der Waals surface area contributed by atoms with Crippen LogP contribution in [-0.2, 0) is 0 Å². The third-order valence-electron chi connectivity index (χ3n) is 1.53. The van der Waals surface area contributed by atoms with E-state index in [2.05, 4.69) is 15.3 Å². The summed E-state index contributed by atoms with van der Waals surface area (Å²) in [4.78, 5) is 8.08. The fraction of sp³-hybridized carbons (Fsp3) is 0.500. The molecular formula is C8H14N4O. The molecule has 13 heavy (non-hydrogen) atoms. The lowest BCUT2D eigenvalue weighted by Gasteiger charge is -2.07. The third kappa shape index (κ3) is 2.87. The van der Waals surface area contributed by atoms with Gasteiger partial charge in [-0.15, -0.1) is 0 Å². The van der Waals surface area contributed by atoms with Crippen LogP contribution in [0.15, 0.2) is 12.4 Å². The first-order valence-corrected chi connectivity index (χ1v) is 4.17. The Kier molecular flexibility index (Phi) is 3.98. The first-order chi connectivity index (χ1) is 6.38. The van der Waals surface area contributed by atoms with Crippen LogP contribution >= 0.6 is 0 Å². The number of hydrogen-bond acceptors (Lipinski definition) is 5. The average Bonchev–Trinajstić information content (AvgIpc) is 2.19. The van der Waals surface area contributed by atoms with E-state index in [1.165, 1.54) is 0 Å². The Labute approximate surface area is 77.3 Å². The summed E-state index contributed by atoms with van der Waals surface area (Å²) in [6, 6.07) is 0. The van der Waals surface area contributed by atoms with Gasteiger partial charge in [-0.3, -0.25) is 0 Å². The van der Waals surface area contributed by atoms with Crippen LogP contribution in [-0.4, -0.2) is 30.2 Å². The van der Waals surface area contributed by atoms with E-state index in [4.69, 9.17) is 10.5 Å². The highest BCUT2D eigenvalue weighted by Gasteiger charge is 2.02. The Morgan fingerprint density at radius 3 is 2.92 bits per heavy atom. The van der Waals surface area contributed by atoms with E-state index in [-0.39, 0.29) is 0 Å². The lowest BCUT2D eigenvalue weighted by atomic mass is 10.4. The summed E-state index contributed by atoms with van der Waals surface area (Å²) in [5, 5.41) is 3.09. The van der Waals surface area contributed by atoms with Crippen LogP contribution in [0.2, 0.25) is 0 Å². The van der Waals surface area contributed by atoms with Crippen molar-refractivity contribution in [1.82, 2.24) is 9.97 Å². The van der Waals surface area contributed by atoms with E-state index in [0.717, 1.165) is 13.0 Å². The zero-order valence-electron chi connectivity index (χ0n) is 7.66. The van der Waals surface area contributed by atoms with Crippen LogP contribution in [0, 0.1) is 0 Å². The number of methoxy groups -OCH3 is 1. The average molecular weight is 182 g/mol. The molecule has 0 aromatic carbocycles. The van der Waals surface area contributed by atoms with Crippen molar-refractivity contribution in [3.8, 4) is 5.88 Å². The van der Waals surface area contributed by atoms with Gasteiger partial charge in [0.1, 0.15) is 0 Å². The molecule has 72 valence electrons. The minimum absolute atomic E-state index is 0.513. The summed E-state index contributed by atoms with van der Waals surface area (Å²) in [6.07, 6.45) is 4.11. The number of aromatic nitrogens is 2. The molecule has 5 nitrogen and oxygen atoms in total. The van der Waals surface area contributed by atoms with E-state index in [1.54, 1.807) is 19.5 Å². The predicted molar refractivity (Wildman–Crippen MR) is 50.7 cm³/mol. The molecule has 0 spiro atoms. The summed E-state index contributed by atoms with van der Waals surface area (Å²) in [6.45, 7) is 1.45. The Hall–Kier alpha value is -1.36. The first-order valence-electron chi connectivity index (χ1n) is 4.17. The normalized spacial score (nSPS) is 9.69. The Morgan fingerprint density at radius 2 is 2.23 bits per heavy atom. The quantitative estimate of drug-likeness (QED) is 0.638. The first kappa shape index (κ1) is 9.73. The summed E-state index contributed by atoms with van der Waals surface area (Å²) >= 11 is 0. The van der Waals surface area contributed by atoms with Crippen molar-refractivity contribution >= 4 is 5.82 Å². The second-order valence-corrected chi connectivity index (χ2v) is 2.48. The molecule has 1 aromatic rings. The number of nitrogens with one attached hydrogen (secondary N) is 1. The van der Waals surface area contributed by atoms with E-state index < -0.39 is 0 Å². The van der Waals surface area contributed by atoms with Crippen LogP contribution in [0.4, 0.5) is 5.82 Å². The summed E-state index contributed by atoms with van der Waals surface area (Å²) in [5.74, 6) is 1.18. The molecule has 1 heterocycles. The number of nitrogens with two attached hydrogens (primary N) is 1. The van der Waals surface area contributed by atoms with E-state index in [1.807, 2.05) is 0 Å². The van der Waals surface area contributed by atoms with Gasteiger partial charge < -0.3 is 15.8 Å². The summed E-state index contributed by atoms with van der Waals surface area (Å²) in [7, 11) is 1.57. The largest absolute Gasteiger partial charge is 0.478 e. The van der Waals surface area contributed by atoms with Crippen molar-refractivity contribution in [2.45, 2.75) is 6.42 Å². The van der Waals surface area contributed by atoms with Gasteiger partial charge in [-0.1, -0.05) is 0 Å². The van der Waals surface area contributed by atoms with Crippen LogP contribution < -0.4 is 15.8 Å². The zero-order chi connectivity index (χ0) is 9.52. The monoisotopic (exact) mass is 182 g/mol. The molecule has 0 radical (unpaired) electrons. The topological polar surface area (TPSA) is 73.1 Å². The molecule has 0 bridgehead atoms. The highest BCUT2D eigenvalue weighted by Crippen LogP contribution is 2.15. The number of nitrogens with zero attached hydrogens (tertiary/aromatic N) is 2. The van der Waals surface area contributed by atoms with Crippen LogP contribution in [0.1, 0.15) is 6.42 Å². The molecule has 0 aliphatic rings. The maximum atomic E-state index is 5.36. The molecule has 0 atom stereocenters. The molecular weight excluding hydrogens is 168 g/mol. The number of ether oxygens (including phenoxy) is 1. The molecule has 1 aromatic heterocycles. The van der Waals surface area contributed by atoms with E-state index >= 15 is 0 Å². The van der Waals surface area contributed by atoms with Gasteiger partial charge in [-0.05, 0) is 13.0 Å². The summed E-state index contributed by atoms with van der Waals surface area (Å²) in [5.41, 5.74) is 5.36. The zero-order valence-corrected chi connectivity index (χ0v) is 7.66. The Bertz CT molecular complexity index is 254. The third-order valence-corrected chi connectivity index (χ3v) is 1.53. The lowest BCUT2D eigenvalue weighted by molar-refractivity contribution is 0.398. The van der Waals surface area contributed by atoms with Gasteiger partial charge in [-0.2, -0.15) is 0 Å². The molecule has 0 amide bonds. The van der Waals surface area contributed by atoms with Crippen LogP contribution in [0.25, 0.3) is 0 Å². The standard InChI is InChI=1S/C8H14N4O/c1-13-8-7(10-4-2-3-9)11-5-6-12-8/h5-6H,2-4,9H2,1H3,(H,10,11). The van der Waals surface area contributed by atoms with Crippen molar-refractivity contribution in [3.63, 3.8) is 0 Å². The van der Waals surface area contributed by atoms with Gasteiger partial charge >= 0.3 is 0 Å². The van der Waals surface area contributed by atoms with E-state index in [0.29, 0.717) is 18.2 Å². The van der Waals surface area contributed by atoms with Gasteiger partial charge in [0, 0.05) is 18.9 Å². The molecule has 0 aliphatic carbocycles. The second kappa shape index (κ2) is 5.31. The Balaban J connectivity index is 2.54. The highest BCUT2D eigenvalue weighted by molar-refractivity contribution is 5.44. The minimum Gasteiger partial charge on any atom is -0.478 e. The SMILES string of the molecule is COc1nccnc1NCCCN. The van der Waals surface area contributed by atoms with Crippen molar-refractivity contribution in [2.24, 2.45) is 5.73 Å². The van der Waals surface area contributed by atoms with E-state index in [9.17, 15) is 0 Å². The number of rotatable bonds is 5. The number of hydrogen-bond donors (Lipinski definition) is 2. The van der Waals surface area contributed by atoms with Crippen molar-refractivity contribution in [3.05, 3.63) is 12.4 Å². The molecule has 1 rings (SSSR count). The minimum atomic E-state index is 0.513. The summed E-state index contributed by atoms with van der Waals surface area (Å²) < 4.78 is 5.01. The van der Waals surface area contributed by atoms with Gasteiger partial charge in [0.25, 0.3) is 5.88 Å².